The summed E-state index contributed by atoms with van der Waals surface area (Å²) in [5, 5.41) is 0. The van der Waals surface area contributed by atoms with Gasteiger partial charge in [0.1, 0.15) is 12.2 Å². The number of hydrogen-bond acceptors (Lipinski definition) is 6. The van der Waals surface area contributed by atoms with E-state index in [4.69, 9.17) is 18.9 Å². The Labute approximate surface area is 154 Å². The van der Waals surface area contributed by atoms with Crippen LogP contribution in [0, 0.1) is 23.2 Å². The molecule has 2 aliphatic carbocycles. The minimum atomic E-state index is -0.783. The predicted octanol–water partition coefficient (Wildman–Crippen LogP) is 2.60. The molecule has 0 spiro atoms. The molecular formula is C20H28O6. The Hall–Kier alpha value is -1.40. The molecule has 2 saturated heterocycles. The molecule has 0 aromatic carbocycles. The van der Waals surface area contributed by atoms with Gasteiger partial charge in [-0.25, -0.2) is 4.79 Å². The number of hydrogen-bond donors (Lipinski definition) is 0. The van der Waals surface area contributed by atoms with Crippen LogP contribution in [0.25, 0.3) is 0 Å². The lowest BCUT2D eigenvalue weighted by Crippen LogP contribution is -2.60. The molecule has 144 valence electrons. The van der Waals surface area contributed by atoms with E-state index in [0.29, 0.717) is 18.4 Å². The third-order valence-electron chi connectivity index (χ3n) is 6.89. The van der Waals surface area contributed by atoms with Gasteiger partial charge in [0, 0.05) is 30.3 Å². The molecule has 4 rings (SSSR count). The zero-order valence-corrected chi connectivity index (χ0v) is 16.1. The second-order valence-electron chi connectivity index (χ2n) is 9.03. The van der Waals surface area contributed by atoms with Gasteiger partial charge in [-0.3, -0.25) is 4.79 Å². The first-order valence-electron chi connectivity index (χ1n) is 9.47. The molecule has 2 heterocycles. The van der Waals surface area contributed by atoms with Crippen LogP contribution < -0.4 is 0 Å². The molecule has 0 radical (unpaired) electrons. The van der Waals surface area contributed by atoms with E-state index in [2.05, 4.69) is 20.4 Å². The first-order chi connectivity index (χ1) is 12.0. The number of esters is 2. The van der Waals surface area contributed by atoms with Crippen molar-refractivity contribution in [3.8, 4) is 0 Å². The molecule has 8 atom stereocenters. The largest absolute Gasteiger partial charge is 0.462 e. The fourth-order valence-electron chi connectivity index (χ4n) is 6.08. The Morgan fingerprint density at radius 3 is 2.58 bits per heavy atom. The molecule has 26 heavy (non-hydrogen) atoms. The van der Waals surface area contributed by atoms with Gasteiger partial charge in [0.2, 0.25) is 0 Å². The van der Waals surface area contributed by atoms with E-state index in [0.717, 1.165) is 0 Å². The van der Waals surface area contributed by atoms with Crippen LogP contribution in [0.2, 0.25) is 0 Å². The fourth-order valence-corrected chi connectivity index (χ4v) is 6.08. The van der Waals surface area contributed by atoms with Crippen LogP contribution in [0.15, 0.2) is 12.2 Å². The smallest absolute Gasteiger partial charge is 0.334 e. The summed E-state index contributed by atoms with van der Waals surface area (Å²) in [6.45, 7) is 13.5. The van der Waals surface area contributed by atoms with Crippen LogP contribution in [-0.4, -0.2) is 42.1 Å². The maximum atomic E-state index is 12.2. The normalized spacial score (nSPS) is 49.0. The van der Waals surface area contributed by atoms with E-state index in [-0.39, 0.29) is 59.5 Å². The van der Waals surface area contributed by atoms with Gasteiger partial charge < -0.3 is 18.9 Å². The van der Waals surface area contributed by atoms with Crippen LogP contribution in [0.1, 0.15) is 47.5 Å². The third-order valence-corrected chi connectivity index (χ3v) is 6.89. The van der Waals surface area contributed by atoms with Gasteiger partial charge in [-0.15, -0.1) is 0 Å². The monoisotopic (exact) mass is 364 g/mol. The molecule has 0 unspecified atom stereocenters. The molecule has 2 aliphatic heterocycles. The molecule has 2 saturated carbocycles. The van der Waals surface area contributed by atoms with Crippen molar-refractivity contribution in [1.29, 1.82) is 0 Å². The van der Waals surface area contributed by atoms with E-state index >= 15 is 0 Å². The molecule has 0 N–H and O–H groups in total. The molecule has 6 nitrogen and oxygen atoms in total. The van der Waals surface area contributed by atoms with Crippen LogP contribution in [-0.2, 0) is 28.5 Å². The van der Waals surface area contributed by atoms with Crippen molar-refractivity contribution in [2.24, 2.45) is 23.2 Å². The summed E-state index contributed by atoms with van der Waals surface area (Å²) in [5.41, 5.74) is 0.104. The molecule has 4 fully saturated rings. The van der Waals surface area contributed by atoms with Gasteiger partial charge in [0.25, 0.3) is 0 Å². The summed E-state index contributed by atoms with van der Waals surface area (Å²) >= 11 is 0. The molecule has 0 aromatic rings. The Morgan fingerprint density at radius 1 is 1.23 bits per heavy atom. The van der Waals surface area contributed by atoms with Gasteiger partial charge >= 0.3 is 11.9 Å². The van der Waals surface area contributed by atoms with Crippen molar-refractivity contribution >= 4 is 11.9 Å². The molecule has 4 aliphatic rings. The standard InChI is InChI=1S/C20H28O6/c1-9-7-12-15(10(2)18(22)24-12)17-20(6)14(25-19(4,5)26-17)8-13(16(9)20)23-11(3)21/h9,12-17H,2,7-8H2,1,3-6H3/t9-,12+,13+,14+,15-,16-,17+,20-/m1/s1. The van der Waals surface area contributed by atoms with Gasteiger partial charge in [0.15, 0.2) is 5.79 Å². The van der Waals surface area contributed by atoms with E-state index in [1.807, 2.05) is 13.8 Å². The van der Waals surface area contributed by atoms with Crippen molar-refractivity contribution in [3.63, 3.8) is 0 Å². The minimum absolute atomic E-state index is 0.0783. The SMILES string of the molecule is C=C1C(=O)O[C@H]2C[C@@H](C)[C@@H]3[C@@H](OC(C)=O)C[C@@H]4OC(C)(C)O[C@@H]([C@H]12)[C@@]34C. The Balaban J connectivity index is 1.82. The van der Waals surface area contributed by atoms with E-state index < -0.39 is 5.79 Å². The number of carbonyl (C=O) groups is 2. The molecule has 0 bridgehead atoms. The predicted molar refractivity (Wildman–Crippen MR) is 91.9 cm³/mol. The first-order valence-corrected chi connectivity index (χ1v) is 9.47. The highest BCUT2D eigenvalue weighted by atomic mass is 16.7. The lowest BCUT2D eigenvalue weighted by Gasteiger charge is -2.53. The van der Waals surface area contributed by atoms with E-state index in [1.54, 1.807) is 0 Å². The maximum absolute atomic E-state index is 12.2. The molecule has 0 aromatic heterocycles. The summed E-state index contributed by atoms with van der Waals surface area (Å²) in [7, 11) is 0. The number of ether oxygens (including phenoxy) is 4. The number of fused-ring (bicyclic) bond motifs is 2. The molecule has 6 heteroatoms. The van der Waals surface area contributed by atoms with Crippen LogP contribution >= 0.6 is 0 Å². The van der Waals surface area contributed by atoms with Crippen molar-refractivity contribution in [1.82, 2.24) is 0 Å². The zero-order chi connectivity index (χ0) is 19.0. The Bertz CT molecular complexity index is 669. The highest BCUT2D eigenvalue weighted by molar-refractivity contribution is 5.91. The zero-order valence-electron chi connectivity index (χ0n) is 16.1. The topological polar surface area (TPSA) is 71.1 Å². The van der Waals surface area contributed by atoms with Gasteiger partial charge in [-0.1, -0.05) is 20.4 Å². The van der Waals surface area contributed by atoms with Gasteiger partial charge in [-0.05, 0) is 26.2 Å². The van der Waals surface area contributed by atoms with Crippen molar-refractivity contribution in [3.05, 3.63) is 12.2 Å². The quantitative estimate of drug-likeness (QED) is 0.526. The second-order valence-corrected chi connectivity index (χ2v) is 9.03. The number of carbonyl (C=O) groups excluding carboxylic acids is 2. The van der Waals surface area contributed by atoms with E-state index in [1.165, 1.54) is 6.92 Å². The molecular weight excluding hydrogens is 336 g/mol. The number of rotatable bonds is 1. The summed E-state index contributed by atoms with van der Waals surface area (Å²) in [6, 6.07) is 0. The average molecular weight is 364 g/mol. The Morgan fingerprint density at radius 2 is 1.92 bits per heavy atom. The van der Waals surface area contributed by atoms with Gasteiger partial charge in [0.05, 0.1) is 18.1 Å². The van der Waals surface area contributed by atoms with Gasteiger partial charge in [-0.2, -0.15) is 0 Å². The van der Waals surface area contributed by atoms with Crippen LogP contribution in [0.5, 0.6) is 0 Å². The first kappa shape index (κ1) is 18.0. The maximum Gasteiger partial charge on any atom is 0.334 e. The third kappa shape index (κ3) is 2.38. The summed E-state index contributed by atoms with van der Waals surface area (Å²) < 4.78 is 24.1. The Kier molecular flexibility index (Phi) is 3.84. The van der Waals surface area contributed by atoms with Crippen molar-refractivity contribution < 1.29 is 28.5 Å². The van der Waals surface area contributed by atoms with Crippen LogP contribution in [0.4, 0.5) is 0 Å². The fraction of sp³-hybridized carbons (Fsp3) is 0.800. The highest BCUT2D eigenvalue weighted by Crippen LogP contribution is 2.62. The van der Waals surface area contributed by atoms with Crippen molar-refractivity contribution in [2.45, 2.75) is 77.7 Å². The lowest BCUT2D eigenvalue weighted by molar-refractivity contribution is -0.351. The summed E-state index contributed by atoms with van der Waals surface area (Å²) in [5.74, 6) is -1.31. The molecule has 0 amide bonds. The van der Waals surface area contributed by atoms with Crippen LogP contribution in [0.3, 0.4) is 0 Å². The summed E-state index contributed by atoms with van der Waals surface area (Å²) in [6.07, 6.45) is 0.504. The summed E-state index contributed by atoms with van der Waals surface area (Å²) in [4.78, 5) is 23.9. The lowest BCUT2D eigenvalue weighted by atomic mass is 9.66. The second kappa shape index (κ2) is 5.55. The highest BCUT2D eigenvalue weighted by Gasteiger charge is 2.69. The van der Waals surface area contributed by atoms with Crippen molar-refractivity contribution in [2.75, 3.05) is 0 Å². The van der Waals surface area contributed by atoms with E-state index in [9.17, 15) is 9.59 Å². The average Bonchev–Trinajstić information content (AvgIpc) is 2.88. The minimum Gasteiger partial charge on any atom is -0.462 e.